The van der Waals surface area contributed by atoms with E-state index in [9.17, 15) is 9.90 Å². The number of likely N-dealkylation sites (tertiary alicyclic amines) is 1. The van der Waals surface area contributed by atoms with Crippen molar-refractivity contribution in [3.05, 3.63) is 41.7 Å². The Labute approximate surface area is 160 Å². The van der Waals surface area contributed by atoms with Crippen LogP contribution >= 0.6 is 0 Å². The Kier molecular flexibility index (Phi) is 7.33. The highest BCUT2D eigenvalue weighted by Gasteiger charge is 2.35. The maximum Gasteiger partial charge on any atom is 0.224 e. The third-order valence-corrected chi connectivity index (χ3v) is 5.27. The van der Waals surface area contributed by atoms with Gasteiger partial charge in [0.2, 0.25) is 5.91 Å². The van der Waals surface area contributed by atoms with Gasteiger partial charge in [0.15, 0.2) is 0 Å². The van der Waals surface area contributed by atoms with Gasteiger partial charge in [0.25, 0.3) is 0 Å². The third-order valence-electron chi connectivity index (χ3n) is 5.27. The van der Waals surface area contributed by atoms with Crippen LogP contribution in [0, 0.1) is 0 Å². The number of aromatic nitrogens is 4. The molecular weight excluding hydrogens is 342 g/mol. The SMILES string of the molecule is O=C1C[C@H](CCC(O)Cc2ccccc2)N1CCCCCCc1nnn[nH]1. The third kappa shape index (κ3) is 6.13. The molecule has 1 aliphatic heterocycles. The Morgan fingerprint density at radius 1 is 1.19 bits per heavy atom. The predicted molar refractivity (Wildman–Crippen MR) is 102 cm³/mol. The van der Waals surface area contributed by atoms with Gasteiger partial charge in [0, 0.05) is 25.4 Å². The van der Waals surface area contributed by atoms with E-state index >= 15 is 0 Å². The number of hydrogen-bond donors (Lipinski definition) is 2. The van der Waals surface area contributed by atoms with Crippen molar-refractivity contribution in [3.63, 3.8) is 0 Å². The molecule has 3 rings (SSSR count). The number of carbonyl (C=O) groups is 1. The highest BCUT2D eigenvalue weighted by molar-refractivity contribution is 5.83. The number of nitrogens with zero attached hydrogens (tertiary/aromatic N) is 4. The monoisotopic (exact) mass is 371 g/mol. The number of amides is 1. The summed E-state index contributed by atoms with van der Waals surface area (Å²) in [6, 6.07) is 10.4. The van der Waals surface area contributed by atoms with E-state index in [-0.39, 0.29) is 12.0 Å². The van der Waals surface area contributed by atoms with Crippen molar-refractivity contribution in [2.75, 3.05) is 6.54 Å². The van der Waals surface area contributed by atoms with Gasteiger partial charge in [-0.05, 0) is 48.1 Å². The molecular formula is C20H29N5O2. The molecule has 146 valence electrons. The summed E-state index contributed by atoms with van der Waals surface area (Å²) >= 11 is 0. The molecule has 1 amide bonds. The molecule has 7 nitrogen and oxygen atoms in total. The number of aliphatic hydroxyl groups is 1. The van der Waals surface area contributed by atoms with E-state index in [1.165, 1.54) is 0 Å². The maximum absolute atomic E-state index is 11.9. The van der Waals surface area contributed by atoms with Gasteiger partial charge >= 0.3 is 0 Å². The molecule has 0 aliphatic carbocycles. The lowest BCUT2D eigenvalue weighted by Crippen LogP contribution is -2.53. The number of aliphatic hydroxyl groups excluding tert-OH is 1. The van der Waals surface area contributed by atoms with Gasteiger partial charge in [-0.3, -0.25) is 4.79 Å². The second-order valence-electron chi connectivity index (χ2n) is 7.38. The number of nitrogens with one attached hydrogen (secondary N) is 1. The molecule has 2 atom stereocenters. The van der Waals surface area contributed by atoms with Crippen molar-refractivity contribution >= 4 is 5.91 Å². The van der Waals surface area contributed by atoms with Gasteiger partial charge in [-0.25, -0.2) is 5.10 Å². The molecule has 2 heterocycles. The summed E-state index contributed by atoms with van der Waals surface area (Å²) in [5.74, 6) is 1.09. The molecule has 1 aromatic heterocycles. The van der Waals surface area contributed by atoms with Crippen LogP contribution < -0.4 is 0 Å². The van der Waals surface area contributed by atoms with Crippen molar-refractivity contribution in [1.29, 1.82) is 0 Å². The Morgan fingerprint density at radius 3 is 2.74 bits per heavy atom. The number of tetrazole rings is 1. The molecule has 2 aromatic rings. The molecule has 0 spiro atoms. The van der Waals surface area contributed by atoms with E-state index in [2.05, 4.69) is 20.6 Å². The van der Waals surface area contributed by atoms with E-state index in [1.807, 2.05) is 35.2 Å². The number of carbonyl (C=O) groups excluding carboxylic acids is 1. The van der Waals surface area contributed by atoms with Gasteiger partial charge in [-0.1, -0.05) is 43.2 Å². The van der Waals surface area contributed by atoms with Crippen LogP contribution in [0.15, 0.2) is 30.3 Å². The standard InChI is InChI=1S/C20H29N5O2/c26-18(14-16-8-4-3-5-9-16)12-11-17-15-20(27)25(17)13-7-2-1-6-10-19-21-23-24-22-19/h3-5,8-9,17-18,26H,1-2,6-7,10-15H2,(H,21,22,23,24)/t17-,18?/m0/s1. The minimum absolute atomic E-state index is 0.255. The van der Waals surface area contributed by atoms with Crippen LogP contribution in [-0.2, 0) is 17.6 Å². The van der Waals surface area contributed by atoms with Gasteiger partial charge < -0.3 is 10.0 Å². The molecule has 0 radical (unpaired) electrons. The second-order valence-corrected chi connectivity index (χ2v) is 7.38. The molecule has 2 N–H and O–H groups in total. The van der Waals surface area contributed by atoms with Crippen LogP contribution in [-0.4, -0.2) is 55.2 Å². The van der Waals surface area contributed by atoms with Gasteiger partial charge in [0.1, 0.15) is 5.82 Å². The number of hydrogen-bond acceptors (Lipinski definition) is 5. The van der Waals surface area contributed by atoms with Gasteiger partial charge in [-0.15, -0.1) is 5.10 Å². The average molecular weight is 371 g/mol. The summed E-state index contributed by atoms with van der Waals surface area (Å²) in [6.45, 7) is 0.835. The van der Waals surface area contributed by atoms with Gasteiger partial charge in [0.05, 0.1) is 6.10 Å². The normalized spacial score (nSPS) is 17.7. The molecule has 1 aliphatic rings. The molecule has 0 saturated carbocycles. The van der Waals surface area contributed by atoms with Crippen molar-refractivity contribution in [2.24, 2.45) is 0 Å². The van der Waals surface area contributed by atoms with E-state index in [1.54, 1.807) is 0 Å². The first-order chi connectivity index (χ1) is 13.2. The van der Waals surface area contributed by atoms with Crippen molar-refractivity contribution in [2.45, 2.75) is 69.9 Å². The number of H-pyrrole nitrogens is 1. The summed E-state index contributed by atoms with van der Waals surface area (Å²) in [5, 5.41) is 24.0. The zero-order valence-corrected chi connectivity index (χ0v) is 15.8. The van der Waals surface area contributed by atoms with Crippen LogP contribution in [0.3, 0.4) is 0 Å². The zero-order chi connectivity index (χ0) is 18.9. The van der Waals surface area contributed by atoms with Crippen LogP contribution in [0.5, 0.6) is 0 Å². The lowest BCUT2D eigenvalue weighted by atomic mass is 9.93. The van der Waals surface area contributed by atoms with Gasteiger partial charge in [-0.2, -0.15) is 0 Å². The molecule has 7 heteroatoms. The zero-order valence-electron chi connectivity index (χ0n) is 15.8. The lowest BCUT2D eigenvalue weighted by Gasteiger charge is -2.41. The fourth-order valence-electron chi connectivity index (χ4n) is 3.67. The number of β-lactam (4-membered cyclic amide) rings is 1. The average Bonchev–Trinajstić information content (AvgIpc) is 3.18. The fraction of sp³-hybridized carbons (Fsp3) is 0.600. The van der Waals surface area contributed by atoms with Crippen LogP contribution in [0.2, 0.25) is 0 Å². The maximum atomic E-state index is 11.9. The number of benzene rings is 1. The van der Waals surface area contributed by atoms with Crippen LogP contribution in [0.1, 0.15) is 56.3 Å². The van der Waals surface area contributed by atoms with Crippen molar-refractivity contribution in [3.8, 4) is 0 Å². The Hall–Kier alpha value is -2.28. The summed E-state index contributed by atoms with van der Waals surface area (Å²) < 4.78 is 0. The first-order valence-electron chi connectivity index (χ1n) is 9.96. The molecule has 1 aromatic carbocycles. The summed E-state index contributed by atoms with van der Waals surface area (Å²) in [4.78, 5) is 13.9. The summed E-state index contributed by atoms with van der Waals surface area (Å²) in [6.07, 6.45) is 7.79. The largest absolute Gasteiger partial charge is 0.393 e. The molecule has 1 fully saturated rings. The number of aromatic amines is 1. The Bertz CT molecular complexity index is 677. The predicted octanol–water partition coefficient (Wildman–Crippen LogP) is 2.29. The minimum Gasteiger partial charge on any atom is -0.393 e. The van der Waals surface area contributed by atoms with E-state index in [4.69, 9.17) is 0 Å². The van der Waals surface area contributed by atoms with Crippen molar-refractivity contribution in [1.82, 2.24) is 25.5 Å². The number of aryl methyl sites for hydroxylation is 1. The highest BCUT2D eigenvalue weighted by Crippen LogP contribution is 2.25. The quantitative estimate of drug-likeness (QED) is 0.441. The number of unbranched alkanes of at least 4 members (excludes halogenated alkanes) is 3. The second kappa shape index (κ2) is 10.2. The smallest absolute Gasteiger partial charge is 0.224 e. The van der Waals surface area contributed by atoms with Crippen molar-refractivity contribution < 1.29 is 9.90 Å². The Balaban J connectivity index is 1.27. The molecule has 0 bridgehead atoms. The minimum atomic E-state index is -0.337. The lowest BCUT2D eigenvalue weighted by molar-refractivity contribution is -0.146. The summed E-state index contributed by atoms with van der Waals surface area (Å²) in [7, 11) is 0. The summed E-state index contributed by atoms with van der Waals surface area (Å²) in [5.41, 5.74) is 1.16. The fourth-order valence-corrected chi connectivity index (χ4v) is 3.67. The highest BCUT2D eigenvalue weighted by atomic mass is 16.3. The van der Waals surface area contributed by atoms with E-state index in [0.29, 0.717) is 18.9 Å². The van der Waals surface area contributed by atoms with E-state index < -0.39 is 0 Å². The first-order valence-corrected chi connectivity index (χ1v) is 9.96. The van der Waals surface area contributed by atoms with E-state index in [0.717, 1.165) is 62.9 Å². The van der Waals surface area contributed by atoms with Crippen LogP contribution in [0.25, 0.3) is 0 Å². The molecule has 1 unspecified atom stereocenters. The van der Waals surface area contributed by atoms with Crippen LogP contribution in [0.4, 0.5) is 0 Å². The number of rotatable bonds is 12. The first kappa shape index (κ1) is 19.5. The topological polar surface area (TPSA) is 95.0 Å². The Morgan fingerprint density at radius 2 is 2.00 bits per heavy atom. The molecule has 27 heavy (non-hydrogen) atoms. The molecule has 1 saturated heterocycles.